The third kappa shape index (κ3) is 7.08. The molecule has 1 N–H and O–H groups in total. The van der Waals surface area contributed by atoms with E-state index in [1.54, 1.807) is 6.07 Å². The molecule has 0 heterocycles. The maximum atomic E-state index is 12.2. The van der Waals surface area contributed by atoms with Gasteiger partial charge in [-0.3, -0.25) is 14.9 Å². The molecule has 0 aromatic heterocycles. The van der Waals surface area contributed by atoms with Crippen LogP contribution in [0.5, 0.6) is 0 Å². The number of non-ortho nitro benzene ring substituents is 1. The Morgan fingerprint density at radius 3 is 2.29 bits per heavy atom. The zero-order valence-corrected chi connectivity index (χ0v) is 15.3. The van der Waals surface area contributed by atoms with Gasteiger partial charge in [-0.05, 0) is 24.3 Å². The number of carbonyl (C=O) groups excluding carboxylic acids is 1. The summed E-state index contributed by atoms with van der Waals surface area (Å²) in [7, 11) is 0. The van der Waals surface area contributed by atoms with Gasteiger partial charge >= 0.3 is 0 Å². The van der Waals surface area contributed by atoms with Crippen LogP contribution in [0.3, 0.4) is 0 Å². The van der Waals surface area contributed by atoms with Gasteiger partial charge in [-0.25, -0.2) is 0 Å². The molecule has 6 nitrogen and oxygen atoms in total. The first-order chi connectivity index (χ1) is 11.2. The zero-order valence-electron chi connectivity index (χ0n) is 15.3. The van der Waals surface area contributed by atoms with Crippen LogP contribution in [0.15, 0.2) is 18.2 Å². The third-order valence-corrected chi connectivity index (χ3v) is 3.61. The Morgan fingerprint density at radius 2 is 1.79 bits per heavy atom. The van der Waals surface area contributed by atoms with Gasteiger partial charge in [-0.2, -0.15) is 0 Å². The van der Waals surface area contributed by atoms with Gasteiger partial charge in [0.05, 0.1) is 10.6 Å². The molecule has 24 heavy (non-hydrogen) atoms. The fourth-order valence-corrected chi connectivity index (χ4v) is 2.62. The van der Waals surface area contributed by atoms with Gasteiger partial charge < -0.3 is 10.2 Å². The minimum atomic E-state index is -0.456. The average Bonchev–Trinajstić information content (AvgIpc) is 2.45. The Balaban J connectivity index is 2.64. The Bertz CT molecular complexity index is 561. The molecule has 0 bridgehead atoms. The normalized spacial score (nSPS) is 11.3. The van der Waals surface area contributed by atoms with Crippen LogP contribution in [0.4, 0.5) is 11.4 Å². The van der Waals surface area contributed by atoms with Gasteiger partial charge in [0.2, 0.25) is 5.91 Å². The third-order valence-electron chi connectivity index (χ3n) is 3.61. The summed E-state index contributed by atoms with van der Waals surface area (Å²) in [5.41, 5.74) is 1.31. The van der Waals surface area contributed by atoms with E-state index in [0.29, 0.717) is 30.5 Å². The molecule has 0 spiro atoms. The highest BCUT2D eigenvalue weighted by Gasteiger charge is 2.14. The fourth-order valence-electron chi connectivity index (χ4n) is 2.62. The van der Waals surface area contributed by atoms with Gasteiger partial charge in [-0.1, -0.05) is 33.8 Å². The number of hydrogen-bond donors (Lipinski definition) is 1. The smallest absolute Gasteiger partial charge is 0.271 e. The number of aryl methyl sites for hydroxylation is 1. The highest BCUT2D eigenvalue weighted by Crippen LogP contribution is 2.22. The van der Waals surface area contributed by atoms with E-state index in [4.69, 9.17) is 0 Å². The molecule has 1 rings (SSSR count). The highest BCUT2D eigenvalue weighted by atomic mass is 16.6. The summed E-state index contributed by atoms with van der Waals surface area (Å²) >= 11 is 0. The van der Waals surface area contributed by atoms with E-state index in [9.17, 15) is 14.9 Å². The number of nitro benzene ring substituents is 1. The van der Waals surface area contributed by atoms with Crippen LogP contribution in [0.25, 0.3) is 0 Å². The van der Waals surface area contributed by atoms with Crippen molar-refractivity contribution >= 4 is 17.3 Å². The minimum absolute atomic E-state index is 0.0165. The standard InChI is InChI=1S/C18H29N3O3/c1-13(2)11-20(12-14(3)4)9-8-18(22)19-17-10-16(21(23)24)7-6-15(17)5/h6-7,10,13-14H,8-9,11-12H2,1-5H3,(H,19,22). The summed E-state index contributed by atoms with van der Waals surface area (Å²) in [5, 5.41) is 13.7. The molecule has 0 atom stereocenters. The zero-order chi connectivity index (χ0) is 18.3. The van der Waals surface area contributed by atoms with Crippen LogP contribution in [-0.2, 0) is 4.79 Å². The van der Waals surface area contributed by atoms with Crippen LogP contribution in [-0.4, -0.2) is 35.4 Å². The van der Waals surface area contributed by atoms with Crippen LogP contribution in [0.2, 0.25) is 0 Å². The van der Waals surface area contributed by atoms with Gasteiger partial charge in [-0.15, -0.1) is 0 Å². The van der Waals surface area contributed by atoms with Crippen molar-refractivity contribution in [1.29, 1.82) is 0 Å². The molecular weight excluding hydrogens is 306 g/mol. The summed E-state index contributed by atoms with van der Waals surface area (Å²) in [5.74, 6) is 0.979. The molecule has 6 heteroatoms. The summed E-state index contributed by atoms with van der Waals surface area (Å²) in [6, 6.07) is 4.50. The second-order valence-electron chi connectivity index (χ2n) is 7.10. The molecule has 0 aliphatic heterocycles. The van der Waals surface area contributed by atoms with E-state index in [1.807, 2.05) is 6.92 Å². The van der Waals surface area contributed by atoms with Crippen molar-refractivity contribution in [3.8, 4) is 0 Å². The van der Waals surface area contributed by atoms with Crippen LogP contribution in [0.1, 0.15) is 39.7 Å². The average molecular weight is 335 g/mol. The number of anilines is 1. The molecule has 1 aromatic rings. The number of amides is 1. The number of nitro groups is 1. The van der Waals surface area contributed by atoms with Crippen LogP contribution in [0, 0.1) is 28.9 Å². The minimum Gasteiger partial charge on any atom is -0.326 e. The fraction of sp³-hybridized carbons (Fsp3) is 0.611. The molecule has 0 aliphatic rings. The molecule has 0 saturated carbocycles. The Labute approximate surface area is 144 Å². The molecule has 1 aromatic carbocycles. The van der Waals surface area contributed by atoms with Crippen molar-refractivity contribution in [1.82, 2.24) is 4.90 Å². The van der Waals surface area contributed by atoms with E-state index in [0.717, 1.165) is 18.7 Å². The largest absolute Gasteiger partial charge is 0.326 e. The van der Waals surface area contributed by atoms with Crippen LogP contribution >= 0.6 is 0 Å². The van der Waals surface area contributed by atoms with Gasteiger partial charge in [0.25, 0.3) is 5.69 Å². The number of benzene rings is 1. The topological polar surface area (TPSA) is 75.5 Å². The Kier molecular flexibility index (Phi) is 7.85. The maximum Gasteiger partial charge on any atom is 0.271 e. The lowest BCUT2D eigenvalue weighted by Crippen LogP contribution is -2.34. The van der Waals surface area contributed by atoms with Gasteiger partial charge in [0.15, 0.2) is 0 Å². The number of nitrogens with zero attached hydrogens (tertiary/aromatic N) is 2. The SMILES string of the molecule is Cc1ccc([N+](=O)[O-])cc1NC(=O)CCN(CC(C)C)CC(C)C. The highest BCUT2D eigenvalue weighted by molar-refractivity contribution is 5.92. The number of hydrogen-bond acceptors (Lipinski definition) is 4. The predicted octanol–water partition coefficient (Wildman–Crippen LogP) is 3.85. The van der Waals surface area contributed by atoms with Gasteiger partial charge in [0.1, 0.15) is 0 Å². The number of nitrogens with one attached hydrogen (secondary N) is 1. The Hall–Kier alpha value is -1.95. The van der Waals surface area contributed by atoms with Gasteiger partial charge in [0, 0.05) is 38.2 Å². The van der Waals surface area contributed by atoms with Crippen molar-refractivity contribution in [2.45, 2.75) is 41.0 Å². The summed E-state index contributed by atoms with van der Waals surface area (Å²) in [4.78, 5) is 24.9. The number of rotatable bonds is 9. The van der Waals surface area contributed by atoms with Crippen LogP contribution < -0.4 is 5.32 Å². The molecule has 0 unspecified atom stereocenters. The van der Waals surface area contributed by atoms with Crippen molar-refractivity contribution in [2.75, 3.05) is 25.0 Å². The number of carbonyl (C=O) groups is 1. The Morgan fingerprint density at radius 1 is 1.21 bits per heavy atom. The predicted molar refractivity (Wildman–Crippen MR) is 97.2 cm³/mol. The molecule has 0 saturated heterocycles. The van der Waals surface area contributed by atoms with E-state index < -0.39 is 4.92 Å². The lowest BCUT2D eigenvalue weighted by atomic mass is 10.1. The lowest BCUT2D eigenvalue weighted by Gasteiger charge is -2.25. The quantitative estimate of drug-likeness (QED) is 0.549. The van der Waals surface area contributed by atoms with Crippen molar-refractivity contribution < 1.29 is 9.72 Å². The molecule has 0 aliphatic carbocycles. The van der Waals surface area contributed by atoms with E-state index in [1.165, 1.54) is 12.1 Å². The van der Waals surface area contributed by atoms with E-state index in [-0.39, 0.29) is 11.6 Å². The van der Waals surface area contributed by atoms with Crippen molar-refractivity contribution in [2.24, 2.45) is 11.8 Å². The second kappa shape index (κ2) is 9.37. The lowest BCUT2D eigenvalue weighted by molar-refractivity contribution is -0.384. The maximum absolute atomic E-state index is 12.2. The first kappa shape index (κ1) is 20.1. The first-order valence-corrected chi connectivity index (χ1v) is 8.46. The molecular formula is C18H29N3O3. The molecule has 0 radical (unpaired) electrons. The van der Waals surface area contributed by atoms with E-state index in [2.05, 4.69) is 37.9 Å². The molecule has 134 valence electrons. The van der Waals surface area contributed by atoms with Crippen molar-refractivity contribution in [3.63, 3.8) is 0 Å². The summed E-state index contributed by atoms with van der Waals surface area (Å²) in [6.45, 7) is 13.1. The first-order valence-electron chi connectivity index (χ1n) is 8.46. The molecule has 0 fully saturated rings. The van der Waals surface area contributed by atoms with Crippen molar-refractivity contribution in [3.05, 3.63) is 33.9 Å². The second-order valence-corrected chi connectivity index (χ2v) is 7.10. The monoisotopic (exact) mass is 335 g/mol. The van der Waals surface area contributed by atoms with E-state index >= 15 is 0 Å². The summed E-state index contributed by atoms with van der Waals surface area (Å²) < 4.78 is 0. The molecule has 1 amide bonds. The summed E-state index contributed by atoms with van der Waals surface area (Å²) in [6.07, 6.45) is 0.377.